The van der Waals surface area contributed by atoms with E-state index in [4.69, 9.17) is 14.6 Å². The van der Waals surface area contributed by atoms with E-state index in [2.05, 4.69) is 15.3 Å². The van der Waals surface area contributed by atoms with Crippen molar-refractivity contribution in [1.29, 1.82) is 0 Å². The Balaban J connectivity index is 0.00000702. The molecule has 4 rings (SSSR count). The van der Waals surface area contributed by atoms with E-state index in [1.54, 1.807) is 13.8 Å². The molecule has 0 fully saturated rings. The van der Waals surface area contributed by atoms with Gasteiger partial charge in [-0.1, -0.05) is 6.92 Å². The summed E-state index contributed by atoms with van der Waals surface area (Å²) in [7, 11) is 0. The molecule has 0 saturated carbocycles. The number of alkyl halides is 9. The van der Waals surface area contributed by atoms with Gasteiger partial charge in [-0.05, 0) is 73.7 Å². The van der Waals surface area contributed by atoms with Crippen LogP contribution in [0.25, 0.3) is 0 Å². The number of halogens is 9. The van der Waals surface area contributed by atoms with Gasteiger partial charge in [0, 0.05) is 18.9 Å². The zero-order chi connectivity index (χ0) is 37.0. The minimum absolute atomic E-state index is 0. The fourth-order valence-corrected chi connectivity index (χ4v) is 5.46. The number of carboxylic acid groups (broad SMARTS) is 1. The number of carbonyl (C=O) groups excluding carboxylic acids is 1. The van der Waals surface area contributed by atoms with E-state index in [1.807, 2.05) is 0 Å². The van der Waals surface area contributed by atoms with E-state index in [9.17, 15) is 49.1 Å². The van der Waals surface area contributed by atoms with Gasteiger partial charge in [0.05, 0.1) is 53.5 Å². The Morgan fingerprint density at radius 2 is 1.57 bits per heavy atom. The molecule has 0 unspecified atom stereocenters. The van der Waals surface area contributed by atoms with Crippen LogP contribution in [-0.2, 0) is 34.5 Å². The van der Waals surface area contributed by atoms with Crippen LogP contribution in [0.5, 0.6) is 5.75 Å². The van der Waals surface area contributed by atoms with Crippen molar-refractivity contribution in [3.63, 3.8) is 0 Å². The summed E-state index contributed by atoms with van der Waals surface area (Å²) in [5.74, 6) is -1.56. The molecule has 0 saturated heterocycles. The average molecular weight is 747 g/mol. The number of amides is 1. The fourth-order valence-electron chi connectivity index (χ4n) is 5.46. The van der Waals surface area contributed by atoms with Gasteiger partial charge in [0.15, 0.2) is 5.75 Å². The van der Waals surface area contributed by atoms with Gasteiger partial charge < -0.3 is 19.9 Å². The molecule has 1 amide bonds. The summed E-state index contributed by atoms with van der Waals surface area (Å²) in [6.45, 7) is 3.10. The maximum absolute atomic E-state index is 13.8. The number of carboxylic acids is 1. The van der Waals surface area contributed by atoms with E-state index < -0.39 is 71.3 Å². The fraction of sp³-hybridized carbons (Fsp3) is 0.438. The summed E-state index contributed by atoms with van der Waals surface area (Å²) in [5.41, 5.74) is -4.62. The molecule has 1 aliphatic rings. The summed E-state index contributed by atoms with van der Waals surface area (Å²) in [6.07, 6.45) is -15.3. The van der Waals surface area contributed by atoms with Crippen LogP contribution in [0.2, 0.25) is 0 Å². The normalized spacial score (nSPS) is 16.2. The van der Waals surface area contributed by atoms with Crippen LogP contribution in [-0.4, -0.2) is 75.9 Å². The molecular weight excluding hydrogens is 714 g/mol. The van der Waals surface area contributed by atoms with Gasteiger partial charge in [-0.2, -0.15) is 39.5 Å². The molecule has 0 spiro atoms. The van der Waals surface area contributed by atoms with Crippen LogP contribution in [0.4, 0.5) is 55.9 Å². The van der Waals surface area contributed by atoms with Crippen molar-refractivity contribution in [3.8, 4) is 5.75 Å². The first-order valence-corrected chi connectivity index (χ1v) is 15.2. The zero-order valence-electron chi connectivity index (χ0n) is 26.5. The molecule has 0 aliphatic carbocycles. The molecule has 51 heavy (non-hydrogen) atoms. The van der Waals surface area contributed by atoms with E-state index in [1.165, 1.54) is 4.90 Å². The number of hydrogen-bond acceptors (Lipinski definition) is 7. The molecule has 274 valence electrons. The Hall–Kier alpha value is -3.77. The molecule has 2 heterocycles. The molecule has 0 radical (unpaired) electrons. The second kappa shape index (κ2) is 16.7. The van der Waals surface area contributed by atoms with Gasteiger partial charge in [-0.3, -0.25) is 9.69 Å². The zero-order valence-corrected chi connectivity index (χ0v) is 26.5. The van der Waals surface area contributed by atoms with Crippen molar-refractivity contribution in [1.82, 2.24) is 9.97 Å². The van der Waals surface area contributed by atoms with Crippen LogP contribution in [0.3, 0.4) is 0 Å². The van der Waals surface area contributed by atoms with Gasteiger partial charge in [0.25, 0.3) is 0 Å². The number of hydrogen-bond donors (Lipinski definition) is 2. The number of rotatable bonds is 11. The SMILES string of the molecule is CCOC(=O)N1c2ccc(C(F)(F)F)cc2[C@@H](Nc2ncc(OCCCC(=O)O)c(Cc3cc(C(F)(F)F)cc(C(F)(F)F)c3)n2)C[C@H]1CC.[NaH]. The van der Waals surface area contributed by atoms with Crippen LogP contribution in [0, 0.1) is 0 Å². The number of aliphatic carboxylic acids is 1. The Bertz CT molecular complexity index is 1670. The third-order valence-corrected chi connectivity index (χ3v) is 7.74. The predicted octanol–water partition coefficient (Wildman–Crippen LogP) is 8.02. The van der Waals surface area contributed by atoms with Crippen LogP contribution in [0.1, 0.15) is 79.1 Å². The Morgan fingerprint density at radius 3 is 2.12 bits per heavy atom. The first-order chi connectivity index (χ1) is 23.3. The quantitative estimate of drug-likeness (QED) is 0.115. The number of carbonyl (C=O) groups is 2. The van der Waals surface area contributed by atoms with E-state index >= 15 is 0 Å². The number of anilines is 2. The first-order valence-electron chi connectivity index (χ1n) is 15.2. The van der Waals surface area contributed by atoms with Crippen LogP contribution in [0.15, 0.2) is 42.6 Å². The number of fused-ring (bicyclic) bond motifs is 1. The topological polar surface area (TPSA) is 114 Å². The third kappa shape index (κ3) is 10.6. The van der Waals surface area contributed by atoms with E-state index in [0.717, 1.165) is 24.4 Å². The van der Waals surface area contributed by atoms with Crippen molar-refractivity contribution >= 4 is 53.3 Å². The number of aromatic nitrogens is 2. The van der Waals surface area contributed by atoms with Crippen LogP contribution >= 0.6 is 0 Å². The second-order valence-corrected chi connectivity index (χ2v) is 11.3. The standard InChI is InChI=1S/C32H31F9N4O5.Na.H/c1-3-21-15-23(22-14-18(30(33,34)35)7-8-25(22)45(21)29(48)49-4-2)43-28-42-16-26(50-9-5-6-27(46)47)24(44-28)12-17-10-19(31(36,37)38)13-20(11-17)32(39,40)41;;/h7-8,10-11,13-14,16,21,23H,3-6,9,12,15H2,1-2H3,(H,46,47)(H,42,43,44);;/t21-,23+;;/m1../s1. The van der Waals surface area contributed by atoms with Crippen molar-refractivity contribution in [3.05, 3.63) is 76.1 Å². The molecule has 19 heteroatoms. The van der Waals surface area contributed by atoms with Crippen molar-refractivity contribution < 1.29 is 63.7 Å². The van der Waals surface area contributed by atoms with Crippen LogP contribution < -0.4 is 15.0 Å². The first kappa shape index (κ1) is 41.6. The molecule has 1 aliphatic heterocycles. The summed E-state index contributed by atoms with van der Waals surface area (Å²) >= 11 is 0. The monoisotopic (exact) mass is 746 g/mol. The predicted molar refractivity (Wildman–Crippen MR) is 167 cm³/mol. The van der Waals surface area contributed by atoms with Gasteiger partial charge in [0.2, 0.25) is 5.95 Å². The third-order valence-electron chi connectivity index (χ3n) is 7.74. The van der Waals surface area contributed by atoms with E-state index in [-0.39, 0.29) is 96.7 Å². The number of nitrogens with zero attached hydrogens (tertiary/aromatic N) is 3. The van der Waals surface area contributed by atoms with Gasteiger partial charge in [-0.15, -0.1) is 0 Å². The van der Waals surface area contributed by atoms with Gasteiger partial charge in [0.1, 0.15) is 0 Å². The molecule has 2 atom stereocenters. The van der Waals surface area contributed by atoms with Gasteiger partial charge in [-0.25, -0.2) is 14.8 Å². The van der Waals surface area contributed by atoms with Crippen molar-refractivity contribution in [2.24, 2.45) is 0 Å². The Kier molecular flexibility index (Phi) is 13.6. The maximum atomic E-state index is 13.8. The molecule has 3 aromatic rings. The molecule has 2 aromatic carbocycles. The number of nitrogens with one attached hydrogen (secondary N) is 1. The number of benzene rings is 2. The molecule has 2 N–H and O–H groups in total. The summed E-state index contributed by atoms with van der Waals surface area (Å²) in [6, 6.07) is 2.29. The van der Waals surface area contributed by atoms with E-state index in [0.29, 0.717) is 18.6 Å². The summed E-state index contributed by atoms with van der Waals surface area (Å²) in [4.78, 5) is 33.5. The molecule has 9 nitrogen and oxygen atoms in total. The molecule has 0 bridgehead atoms. The minimum atomic E-state index is -5.12. The van der Waals surface area contributed by atoms with Crippen molar-refractivity contribution in [2.45, 2.75) is 76.6 Å². The summed E-state index contributed by atoms with van der Waals surface area (Å²) in [5, 5.41) is 11.8. The second-order valence-electron chi connectivity index (χ2n) is 11.3. The molecule has 1 aromatic heterocycles. The van der Waals surface area contributed by atoms with Gasteiger partial charge >= 0.3 is 60.1 Å². The Morgan fingerprint density at radius 1 is 0.941 bits per heavy atom. The average Bonchev–Trinajstić information content (AvgIpc) is 3.02. The Labute approximate surface area is 307 Å². The number of ether oxygens (including phenoxy) is 2. The van der Waals surface area contributed by atoms with Crippen molar-refractivity contribution in [2.75, 3.05) is 23.4 Å². The summed E-state index contributed by atoms with van der Waals surface area (Å²) < 4.78 is 133. The molecular formula is C32H32F9N4NaO5.